The van der Waals surface area contributed by atoms with Crippen LogP contribution in [0, 0.1) is 6.92 Å². The van der Waals surface area contributed by atoms with Crippen LogP contribution < -0.4 is 16.8 Å². The van der Waals surface area contributed by atoms with Crippen LogP contribution in [0.4, 0.5) is 0 Å². The van der Waals surface area contributed by atoms with Crippen LogP contribution in [0.2, 0.25) is 5.28 Å². The topological polar surface area (TPSA) is 96.2 Å². The standard InChI is InChI=1S/C17H15ClN6O3/c1-9-5-4-6-23-11(25)7-10(19-13(9)23)8-24-12-14(20-16(24)18)21(2)17(27)22(3)15(12)26/h4-7H,8H2,1-3H3. The van der Waals surface area contributed by atoms with E-state index in [1.54, 1.807) is 12.3 Å². The Balaban J connectivity index is 1.98. The van der Waals surface area contributed by atoms with E-state index in [1.165, 1.54) is 33.7 Å². The molecule has 0 spiro atoms. The summed E-state index contributed by atoms with van der Waals surface area (Å²) in [6.07, 6.45) is 1.65. The Bertz CT molecular complexity index is 1410. The molecule has 0 atom stereocenters. The number of imidazole rings is 1. The Morgan fingerprint density at radius 1 is 1.07 bits per heavy atom. The summed E-state index contributed by atoms with van der Waals surface area (Å²) in [6.45, 7) is 1.93. The smallest absolute Gasteiger partial charge is 0.303 e. The lowest BCUT2D eigenvalue weighted by atomic mass is 10.3. The van der Waals surface area contributed by atoms with Gasteiger partial charge in [-0.25, -0.2) is 9.78 Å². The average Bonchev–Trinajstić information content (AvgIpc) is 2.96. The Labute approximate surface area is 156 Å². The Morgan fingerprint density at radius 2 is 1.81 bits per heavy atom. The van der Waals surface area contributed by atoms with Gasteiger partial charge in [0.2, 0.25) is 5.28 Å². The number of hydrogen-bond acceptors (Lipinski definition) is 5. The van der Waals surface area contributed by atoms with Crippen molar-refractivity contribution in [3.05, 3.63) is 72.1 Å². The average molecular weight is 387 g/mol. The van der Waals surface area contributed by atoms with Gasteiger partial charge in [0.05, 0.1) is 12.2 Å². The number of hydrogen-bond donors (Lipinski definition) is 0. The zero-order valence-corrected chi connectivity index (χ0v) is 15.6. The van der Waals surface area contributed by atoms with Gasteiger partial charge in [-0.3, -0.25) is 23.1 Å². The molecule has 4 aromatic rings. The molecule has 0 bridgehead atoms. The first-order chi connectivity index (χ1) is 12.8. The monoisotopic (exact) mass is 386 g/mol. The molecule has 0 radical (unpaired) electrons. The molecule has 27 heavy (non-hydrogen) atoms. The number of aryl methyl sites for hydroxylation is 2. The second kappa shape index (κ2) is 5.92. The molecule has 4 heterocycles. The Morgan fingerprint density at radius 3 is 2.56 bits per heavy atom. The summed E-state index contributed by atoms with van der Waals surface area (Å²) in [5.74, 6) is 0. The van der Waals surface area contributed by atoms with Crippen molar-refractivity contribution >= 4 is 28.4 Å². The molecular weight excluding hydrogens is 372 g/mol. The van der Waals surface area contributed by atoms with Gasteiger partial charge in [0.1, 0.15) is 5.65 Å². The molecular formula is C17H15ClN6O3. The molecule has 0 aliphatic rings. The minimum absolute atomic E-state index is 0.0371. The second-order valence-electron chi connectivity index (χ2n) is 6.32. The highest BCUT2D eigenvalue weighted by Crippen LogP contribution is 2.17. The van der Waals surface area contributed by atoms with Crippen LogP contribution in [0.25, 0.3) is 16.8 Å². The first kappa shape index (κ1) is 17.2. The summed E-state index contributed by atoms with van der Waals surface area (Å²) in [6, 6.07) is 5.02. The summed E-state index contributed by atoms with van der Waals surface area (Å²) in [5.41, 5.74) is 0.925. The number of rotatable bonds is 2. The van der Waals surface area contributed by atoms with E-state index in [9.17, 15) is 14.4 Å². The van der Waals surface area contributed by atoms with Gasteiger partial charge in [0.25, 0.3) is 11.1 Å². The van der Waals surface area contributed by atoms with Gasteiger partial charge < -0.3 is 4.57 Å². The molecule has 10 heteroatoms. The third-order valence-electron chi connectivity index (χ3n) is 4.56. The van der Waals surface area contributed by atoms with Crippen LogP contribution >= 0.6 is 11.6 Å². The van der Waals surface area contributed by atoms with E-state index in [-0.39, 0.29) is 28.6 Å². The number of halogens is 1. The lowest BCUT2D eigenvalue weighted by molar-refractivity contribution is 0.701. The van der Waals surface area contributed by atoms with Crippen LogP contribution in [0.3, 0.4) is 0 Å². The van der Waals surface area contributed by atoms with Crippen LogP contribution in [-0.2, 0) is 20.6 Å². The normalized spacial score (nSPS) is 11.6. The van der Waals surface area contributed by atoms with Gasteiger partial charge in [0, 0.05) is 26.4 Å². The first-order valence-corrected chi connectivity index (χ1v) is 8.47. The third kappa shape index (κ3) is 2.50. The van der Waals surface area contributed by atoms with Gasteiger partial charge >= 0.3 is 5.69 Å². The molecule has 0 aliphatic carbocycles. The predicted octanol–water partition coefficient (Wildman–Crippen LogP) is 0.452. The number of aromatic nitrogens is 6. The van der Waals surface area contributed by atoms with E-state index >= 15 is 0 Å². The van der Waals surface area contributed by atoms with Gasteiger partial charge in [-0.2, -0.15) is 4.98 Å². The molecule has 0 aliphatic heterocycles. The minimum Gasteiger partial charge on any atom is -0.303 e. The number of nitrogens with zero attached hydrogens (tertiary/aromatic N) is 6. The van der Waals surface area contributed by atoms with E-state index in [0.717, 1.165) is 10.1 Å². The minimum atomic E-state index is -0.513. The largest absolute Gasteiger partial charge is 0.332 e. The van der Waals surface area contributed by atoms with Crippen molar-refractivity contribution in [2.45, 2.75) is 13.5 Å². The van der Waals surface area contributed by atoms with Gasteiger partial charge in [-0.1, -0.05) is 6.07 Å². The molecule has 0 aromatic carbocycles. The molecule has 4 rings (SSSR count). The van der Waals surface area contributed by atoms with Crippen molar-refractivity contribution in [1.82, 2.24) is 28.1 Å². The predicted molar refractivity (Wildman–Crippen MR) is 101 cm³/mol. The maximum atomic E-state index is 12.6. The van der Waals surface area contributed by atoms with E-state index in [2.05, 4.69) is 9.97 Å². The van der Waals surface area contributed by atoms with E-state index in [1.807, 2.05) is 13.0 Å². The molecule has 0 fully saturated rings. The van der Waals surface area contributed by atoms with E-state index < -0.39 is 11.2 Å². The van der Waals surface area contributed by atoms with Gasteiger partial charge in [-0.05, 0) is 30.2 Å². The fourth-order valence-electron chi connectivity index (χ4n) is 3.12. The summed E-state index contributed by atoms with van der Waals surface area (Å²) >= 11 is 6.23. The van der Waals surface area contributed by atoms with Crippen molar-refractivity contribution in [2.75, 3.05) is 0 Å². The van der Waals surface area contributed by atoms with Crippen LogP contribution in [0.1, 0.15) is 11.3 Å². The molecule has 138 valence electrons. The second-order valence-corrected chi connectivity index (χ2v) is 6.65. The molecule has 9 nitrogen and oxygen atoms in total. The van der Waals surface area contributed by atoms with Crippen LogP contribution in [0.5, 0.6) is 0 Å². The molecule has 0 amide bonds. The van der Waals surface area contributed by atoms with Crippen molar-refractivity contribution < 1.29 is 0 Å². The molecule has 0 N–H and O–H groups in total. The summed E-state index contributed by atoms with van der Waals surface area (Å²) in [7, 11) is 2.90. The zero-order chi connectivity index (χ0) is 19.5. The SMILES string of the molecule is Cc1cccn2c(=O)cc(Cn3c(Cl)nc4c3c(=O)n(C)c(=O)n4C)nc12. The van der Waals surface area contributed by atoms with Gasteiger partial charge in [0.15, 0.2) is 11.2 Å². The number of pyridine rings is 1. The van der Waals surface area contributed by atoms with E-state index in [4.69, 9.17) is 11.6 Å². The highest BCUT2D eigenvalue weighted by molar-refractivity contribution is 6.29. The van der Waals surface area contributed by atoms with Crippen LogP contribution in [0.15, 0.2) is 38.8 Å². The van der Waals surface area contributed by atoms with Crippen molar-refractivity contribution in [3.8, 4) is 0 Å². The number of fused-ring (bicyclic) bond motifs is 2. The maximum absolute atomic E-state index is 12.6. The Kier molecular flexibility index (Phi) is 3.77. The van der Waals surface area contributed by atoms with Crippen molar-refractivity contribution in [3.63, 3.8) is 0 Å². The zero-order valence-electron chi connectivity index (χ0n) is 14.8. The van der Waals surface area contributed by atoms with Gasteiger partial charge in [-0.15, -0.1) is 0 Å². The highest BCUT2D eigenvalue weighted by atomic mass is 35.5. The van der Waals surface area contributed by atoms with Crippen molar-refractivity contribution in [2.24, 2.45) is 14.1 Å². The van der Waals surface area contributed by atoms with Crippen molar-refractivity contribution in [1.29, 1.82) is 0 Å². The lowest BCUT2D eigenvalue weighted by Gasteiger charge is -2.09. The van der Waals surface area contributed by atoms with Crippen LogP contribution in [-0.4, -0.2) is 28.1 Å². The quantitative estimate of drug-likeness (QED) is 0.466. The summed E-state index contributed by atoms with van der Waals surface area (Å²) in [5, 5.41) is 0.0371. The molecule has 4 aromatic heterocycles. The Hall–Kier alpha value is -3.20. The third-order valence-corrected chi connectivity index (χ3v) is 4.85. The molecule has 0 unspecified atom stereocenters. The maximum Gasteiger partial charge on any atom is 0.332 e. The fraction of sp³-hybridized carbons (Fsp3) is 0.235. The summed E-state index contributed by atoms with van der Waals surface area (Å²) < 4.78 is 5.15. The molecule has 0 saturated carbocycles. The highest BCUT2D eigenvalue weighted by Gasteiger charge is 2.19. The fourth-order valence-corrected chi connectivity index (χ4v) is 3.34. The summed E-state index contributed by atoms with van der Waals surface area (Å²) in [4.78, 5) is 45.8. The lowest BCUT2D eigenvalue weighted by Crippen LogP contribution is -2.37. The first-order valence-electron chi connectivity index (χ1n) is 8.09. The van der Waals surface area contributed by atoms with E-state index in [0.29, 0.717) is 11.3 Å². The molecule has 0 saturated heterocycles.